The second-order valence-corrected chi connectivity index (χ2v) is 8.62. The molecule has 2 saturated carbocycles. The monoisotopic (exact) mass is 363 g/mol. The molecule has 3 rings (SSSR count). The van der Waals surface area contributed by atoms with E-state index in [0.29, 0.717) is 12.5 Å². The van der Waals surface area contributed by atoms with Crippen LogP contribution in [0.4, 0.5) is 4.39 Å². The van der Waals surface area contributed by atoms with Crippen molar-refractivity contribution in [2.45, 2.75) is 69.7 Å². The summed E-state index contributed by atoms with van der Waals surface area (Å²) in [7, 11) is 4.18. The molecule has 4 heteroatoms. The van der Waals surface area contributed by atoms with Gasteiger partial charge in [0.25, 0.3) is 0 Å². The van der Waals surface area contributed by atoms with Gasteiger partial charge >= 0.3 is 0 Å². The molecule has 2 aliphatic carbocycles. The molecule has 0 aromatic heterocycles. The smallest absolute Gasteiger partial charge is 0.123 e. The normalized spacial score (nSPS) is 30.7. The summed E-state index contributed by atoms with van der Waals surface area (Å²) in [4.78, 5) is 2.20. The van der Waals surface area contributed by atoms with Crippen LogP contribution in [0.2, 0.25) is 0 Å². The number of aliphatic hydroxyl groups is 1. The minimum atomic E-state index is -0.541. The van der Waals surface area contributed by atoms with E-state index in [1.54, 1.807) is 12.1 Å². The van der Waals surface area contributed by atoms with Crippen molar-refractivity contribution in [3.8, 4) is 0 Å². The first-order valence-electron chi connectivity index (χ1n) is 10.2. The van der Waals surface area contributed by atoms with Crippen LogP contribution in [0, 0.1) is 17.7 Å². The summed E-state index contributed by atoms with van der Waals surface area (Å²) in [5, 5.41) is 11.6. The average Bonchev–Trinajstić information content (AvgIpc) is 2.64. The largest absolute Gasteiger partial charge is 0.389 e. The summed E-state index contributed by atoms with van der Waals surface area (Å²) >= 11 is 0. The summed E-state index contributed by atoms with van der Waals surface area (Å²) in [6, 6.07) is 6.54. The van der Waals surface area contributed by atoms with Crippen molar-refractivity contribution >= 4 is 0 Å². The van der Waals surface area contributed by atoms with E-state index < -0.39 is 5.60 Å². The van der Waals surface area contributed by atoms with E-state index in [0.717, 1.165) is 31.4 Å². The van der Waals surface area contributed by atoms with Crippen LogP contribution in [0.15, 0.2) is 24.3 Å². The summed E-state index contributed by atoms with van der Waals surface area (Å²) in [6.45, 7) is 1.42. The number of benzene rings is 1. The third kappa shape index (κ3) is 4.85. The number of rotatable bonds is 6. The van der Waals surface area contributed by atoms with Gasteiger partial charge in [0.2, 0.25) is 0 Å². The molecule has 26 heavy (non-hydrogen) atoms. The number of halogens is 1. The standard InChI is InChI=1S/C22H34FNO2/c1-24(2)15-19-14-21(26-16-17-8-10-20(23)11-9-17)12-13-22(19,25)18-6-4-3-5-7-18/h8-11,18-19,21,25H,3-7,12-16H2,1-2H3. The number of hydrogen-bond acceptors (Lipinski definition) is 3. The predicted octanol–water partition coefficient (Wildman–Crippen LogP) is 4.38. The summed E-state index contributed by atoms with van der Waals surface area (Å²) in [5.74, 6) is 0.488. The lowest BCUT2D eigenvalue weighted by atomic mass is 9.63. The molecule has 0 bridgehead atoms. The first-order chi connectivity index (χ1) is 12.5. The van der Waals surface area contributed by atoms with Crippen molar-refractivity contribution in [2.75, 3.05) is 20.6 Å². The Labute approximate surface area is 157 Å². The maximum atomic E-state index is 13.0. The minimum Gasteiger partial charge on any atom is -0.389 e. The van der Waals surface area contributed by atoms with Gasteiger partial charge in [-0.15, -0.1) is 0 Å². The lowest BCUT2D eigenvalue weighted by molar-refractivity contribution is -0.142. The molecule has 1 aromatic rings. The topological polar surface area (TPSA) is 32.7 Å². The van der Waals surface area contributed by atoms with Crippen LogP contribution in [0.1, 0.15) is 56.9 Å². The maximum Gasteiger partial charge on any atom is 0.123 e. The van der Waals surface area contributed by atoms with Crippen LogP contribution >= 0.6 is 0 Å². The highest BCUT2D eigenvalue weighted by atomic mass is 19.1. The van der Waals surface area contributed by atoms with E-state index >= 15 is 0 Å². The van der Waals surface area contributed by atoms with Gasteiger partial charge in [0.05, 0.1) is 18.3 Å². The molecule has 0 amide bonds. The lowest BCUT2D eigenvalue weighted by Crippen LogP contribution is -2.53. The molecular weight excluding hydrogens is 329 g/mol. The zero-order valence-corrected chi connectivity index (χ0v) is 16.3. The molecule has 0 saturated heterocycles. The molecule has 3 nitrogen and oxygen atoms in total. The fourth-order valence-corrected chi connectivity index (χ4v) is 5.00. The molecule has 3 unspecified atom stereocenters. The number of hydrogen-bond donors (Lipinski definition) is 1. The predicted molar refractivity (Wildman–Crippen MR) is 102 cm³/mol. The van der Waals surface area contributed by atoms with Crippen LogP contribution in [0.3, 0.4) is 0 Å². The molecule has 0 aliphatic heterocycles. The molecular formula is C22H34FNO2. The summed E-state index contributed by atoms with van der Waals surface area (Å²) in [5.41, 5.74) is 0.462. The van der Waals surface area contributed by atoms with Crippen molar-refractivity contribution in [3.63, 3.8) is 0 Å². The van der Waals surface area contributed by atoms with Crippen molar-refractivity contribution in [2.24, 2.45) is 11.8 Å². The van der Waals surface area contributed by atoms with E-state index in [4.69, 9.17) is 4.74 Å². The van der Waals surface area contributed by atoms with E-state index in [-0.39, 0.29) is 17.8 Å². The fraction of sp³-hybridized carbons (Fsp3) is 0.727. The lowest BCUT2D eigenvalue weighted by Gasteiger charge is -2.49. The molecule has 1 N–H and O–H groups in total. The summed E-state index contributed by atoms with van der Waals surface area (Å²) in [6.07, 6.45) is 9.00. The van der Waals surface area contributed by atoms with Gasteiger partial charge < -0.3 is 14.7 Å². The molecule has 0 heterocycles. The Balaban J connectivity index is 1.62. The highest BCUT2D eigenvalue weighted by Gasteiger charge is 2.47. The van der Waals surface area contributed by atoms with Gasteiger partial charge in [0, 0.05) is 12.5 Å². The third-order valence-corrected chi connectivity index (χ3v) is 6.42. The van der Waals surface area contributed by atoms with E-state index in [9.17, 15) is 9.50 Å². The van der Waals surface area contributed by atoms with Crippen LogP contribution in [0.5, 0.6) is 0 Å². The molecule has 0 radical (unpaired) electrons. The SMILES string of the molecule is CN(C)CC1CC(OCc2ccc(F)cc2)CCC1(O)C1CCCCC1. The molecule has 146 valence electrons. The van der Waals surface area contributed by atoms with Gasteiger partial charge in [0.15, 0.2) is 0 Å². The van der Waals surface area contributed by atoms with Gasteiger partial charge in [-0.3, -0.25) is 0 Å². The van der Waals surface area contributed by atoms with Gasteiger partial charge in [-0.05, 0) is 69.8 Å². The van der Waals surface area contributed by atoms with E-state index in [2.05, 4.69) is 19.0 Å². The highest BCUT2D eigenvalue weighted by Crippen LogP contribution is 2.45. The van der Waals surface area contributed by atoms with Crippen molar-refractivity contribution in [3.05, 3.63) is 35.6 Å². The van der Waals surface area contributed by atoms with Crippen molar-refractivity contribution in [1.82, 2.24) is 4.90 Å². The maximum absolute atomic E-state index is 13.0. The minimum absolute atomic E-state index is 0.175. The fourth-order valence-electron chi connectivity index (χ4n) is 5.00. The Morgan fingerprint density at radius 3 is 2.46 bits per heavy atom. The van der Waals surface area contributed by atoms with Crippen molar-refractivity contribution < 1.29 is 14.2 Å². The van der Waals surface area contributed by atoms with E-state index in [1.165, 1.54) is 44.2 Å². The molecule has 2 aliphatic rings. The quantitative estimate of drug-likeness (QED) is 0.814. The van der Waals surface area contributed by atoms with Crippen LogP contribution in [-0.4, -0.2) is 42.4 Å². The van der Waals surface area contributed by atoms with E-state index in [1.807, 2.05) is 0 Å². The van der Waals surface area contributed by atoms with Crippen LogP contribution in [-0.2, 0) is 11.3 Å². The Morgan fingerprint density at radius 2 is 1.81 bits per heavy atom. The Morgan fingerprint density at radius 1 is 1.12 bits per heavy atom. The first-order valence-corrected chi connectivity index (χ1v) is 10.2. The number of nitrogens with zero attached hydrogens (tertiary/aromatic N) is 1. The van der Waals surface area contributed by atoms with Crippen LogP contribution in [0.25, 0.3) is 0 Å². The summed E-state index contributed by atoms with van der Waals surface area (Å²) < 4.78 is 19.2. The highest BCUT2D eigenvalue weighted by molar-refractivity contribution is 5.15. The first kappa shape index (κ1) is 19.8. The zero-order valence-electron chi connectivity index (χ0n) is 16.3. The molecule has 3 atom stereocenters. The van der Waals surface area contributed by atoms with Gasteiger partial charge in [-0.1, -0.05) is 31.4 Å². The number of ether oxygens (including phenoxy) is 1. The average molecular weight is 364 g/mol. The Bertz CT molecular complexity index is 556. The Hall–Kier alpha value is -0.970. The molecule has 2 fully saturated rings. The Kier molecular flexibility index (Phi) is 6.70. The molecule has 1 aromatic carbocycles. The van der Waals surface area contributed by atoms with Gasteiger partial charge in [-0.25, -0.2) is 4.39 Å². The second-order valence-electron chi connectivity index (χ2n) is 8.62. The van der Waals surface area contributed by atoms with Gasteiger partial charge in [-0.2, -0.15) is 0 Å². The third-order valence-electron chi connectivity index (χ3n) is 6.42. The molecule has 0 spiro atoms. The van der Waals surface area contributed by atoms with Gasteiger partial charge in [0.1, 0.15) is 5.82 Å². The zero-order chi connectivity index (χ0) is 18.6. The van der Waals surface area contributed by atoms with Crippen molar-refractivity contribution in [1.29, 1.82) is 0 Å². The second kappa shape index (κ2) is 8.81. The van der Waals surface area contributed by atoms with Crippen LogP contribution < -0.4 is 0 Å².